The summed E-state index contributed by atoms with van der Waals surface area (Å²) in [4.78, 5) is 23.3. The molecule has 0 amide bonds. The standard InChI is InChI=1S/C22H27N3O2.CH2O2/c1-3-27-22(26)21-16(2)9-10-18-14-24(15-20(18)21)12-17-11-23-25(13-17)19-7-5-4-6-8-19;2-1-3/h4-11,13,16,18,20-21H,3,12,14-15H2,1-2H3;1H,(H,2,3)/t16-,18-,20-,21-;/m0./s1. The lowest BCUT2D eigenvalue weighted by molar-refractivity contribution is -0.152. The minimum Gasteiger partial charge on any atom is -0.483 e. The van der Waals surface area contributed by atoms with Gasteiger partial charge in [0.15, 0.2) is 0 Å². The Bertz CT molecular complexity index is 864. The largest absolute Gasteiger partial charge is 0.483 e. The Morgan fingerprint density at radius 1 is 1.27 bits per heavy atom. The summed E-state index contributed by atoms with van der Waals surface area (Å²) >= 11 is 0. The first-order chi connectivity index (χ1) is 14.6. The molecule has 0 unspecified atom stereocenters. The van der Waals surface area contributed by atoms with E-state index in [-0.39, 0.29) is 24.3 Å². The molecule has 1 N–H and O–H groups in total. The molecule has 1 aliphatic carbocycles. The Balaban J connectivity index is 0.000000806. The lowest BCUT2D eigenvalue weighted by Crippen LogP contribution is -2.37. The molecule has 1 saturated heterocycles. The highest BCUT2D eigenvalue weighted by molar-refractivity contribution is 5.74. The van der Waals surface area contributed by atoms with Crippen LogP contribution in [0.15, 0.2) is 54.9 Å². The molecule has 2 aromatic rings. The van der Waals surface area contributed by atoms with Crippen molar-refractivity contribution in [2.24, 2.45) is 23.7 Å². The van der Waals surface area contributed by atoms with Crippen LogP contribution in [0.25, 0.3) is 5.69 Å². The van der Waals surface area contributed by atoms with Gasteiger partial charge in [-0.15, -0.1) is 0 Å². The summed E-state index contributed by atoms with van der Waals surface area (Å²) in [5, 5.41) is 11.4. The minimum absolute atomic E-state index is 0.0306. The molecule has 1 aromatic carbocycles. The number of esters is 1. The highest BCUT2D eigenvalue weighted by Gasteiger charge is 2.44. The Morgan fingerprint density at radius 2 is 2.00 bits per heavy atom. The monoisotopic (exact) mass is 411 g/mol. The fourth-order valence-electron chi connectivity index (χ4n) is 4.53. The van der Waals surface area contributed by atoms with Crippen molar-refractivity contribution in [3.63, 3.8) is 0 Å². The number of para-hydroxylation sites is 1. The molecule has 7 nitrogen and oxygen atoms in total. The van der Waals surface area contributed by atoms with Crippen molar-refractivity contribution in [2.45, 2.75) is 20.4 Å². The highest BCUT2D eigenvalue weighted by atomic mass is 16.5. The van der Waals surface area contributed by atoms with E-state index < -0.39 is 0 Å². The third-order valence-corrected chi connectivity index (χ3v) is 5.80. The van der Waals surface area contributed by atoms with E-state index in [1.807, 2.05) is 36.0 Å². The second-order valence-electron chi connectivity index (χ2n) is 7.78. The second-order valence-corrected chi connectivity index (χ2v) is 7.78. The molecule has 1 fully saturated rings. The van der Waals surface area contributed by atoms with Crippen molar-refractivity contribution in [1.29, 1.82) is 0 Å². The van der Waals surface area contributed by atoms with Crippen LogP contribution in [0.4, 0.5) is 0 Å². The summed E-state index contributed by atoms with van der Waals surface area (Å²) in [7, 11) is 0. The van der Waals surface area contributed by atoms with Gasteiger partial charge in [-0.3, -0.25) is 14.5 Å². The summed E-state index contributed by atoms with van der Waals surface area (Å²) < 4.78 is 7.28. The van der Waals surface area contributed by atoms with Crippen LogP contribution in [0, 0.1) is 23.7 Å². The second kappa shape index (κ2) is 10.2. The average Bonchev–Trinajstić information content (AvgIpc) is 3.36. The van der Waals surface area contributed by atoms with E-state index in [1.54, 1.807) is 0 Å². The number of carbonyl (C=O) groups excluding carboxylic acids is 1. The van der Waals surface area contributed by atoms with E-state index in [0.29, 0.717) is 18.4 Å². The molecule has 2 aliphatic rings. The number of likely N-dealkylation sites (tertiary alicyclic amines) is 1. The van der Waals surface area contributed by atoms with Gasteiger partial charge in [0, 0.05) is 31.4 Å². The zero-order valence-electron chi connectivity index (χ0n) is 17.4. The normalized spacial score (nSPS) is 25.1. The predicted octanol–water partition coefficient (Wildman–Crippen LogP) is 3.01. The molecule has 0 saturated carbocycles. The van der Waals surface area contributed by atoms with Crippen LogP contribution in [0.3, 0.4) is 0 Å². The van der Waals surface area contributed by atoms with E-state index in [2.05, 4.69) is 47.4 Å². The number of aromatic nitrogens is 2. The summed E-state index contributed by atoms with van der Waals surface area (Å²) in [5.41, 5.74) is 2.26. The van der Waals surface area contributed by atoms with Crippen LogP contribution in [0.5, 0.6) is 0 Å². The van der Waals surface area contributed by atoms with Gasteiger partial charge in [-0.1, -0.05) is 37.3 Å². The van der Waals surface area contributed by atoms with Gasteiger partial charge < -0.3 is 9.84 Å². The van der Waals surface area contributed by atoms with Gasteiger partial charge in [0.05, 0.1) is 24.4 Å². The van der Waals surface area contributed by atoms with E-state index in [1.165, 1.54) is 5.56 Å². The number of carbonyl (C=O) groups is 2. The molecule has 2 heterocycles. The molecule has 1 aromatic heterocycles. The molecule has 7 heteroatoms. The van der Waals surface area contributed by atoms with Gasteiger partial charge in [0.25, 0.3) is 6.47 Å². The van der Waals surface area contributed by atoms with Crippen LogP contribution in [-0.4, -0.2) is 51.9 Å². The van der Waals surface area contributed by atoms with Crippen molar-refractivity contribution in [1.82, 2.24) is 14.7 Å². The first kappa shape index (κ1) is 21.8. The van der Waals surface area contributed by atoms with Gasteiger partial charge in [0.1, 0.15) is 0 Å². The van der Waals surface area contributed by atoms with Crippen LogP contribution >= 0.6 is 0 Å². The SMILES string of the molecule is CCOC(=O)[C@@H]1[C@H]2CN(Cc3cnn(-c4ccccc4)c3)C[C@@H]2C=C[C@@H]1C.O=CO. The summed E-state index contributed by atoms with van der Waals surface area (Å²) in [6.07, 6.45) is 8.53. The highest BCUT2D eigenvalue weighted by Crippen LogP contribution is 2.40. The molecule has 160 valence electrons. The number of nitrogens with zero attached hydrogens (tertiary/aromatic N) is 3. The van der Waals surface area contributed by atoms with Crippen molar-refractivity contribution in [2.75, 3.05) is 19.7 Å². The van der Waals surface area contributed by atoms with E-state index in [0.717, 1.165) is 25.3 Å². The van der Waals surface area contributed by atoms with Crippen molar-refractivity contribution in [3.05, 3.63) is 60.4 Å². The Morgan fingerprint density at radius 3 is 2.70 bits per heavy atom. The van der Waals surface area contributed by atoms with E-state index >= 15 is 0 Å². The third kappa shape index (κ3) is 4.97. The van der Waals surface area contributed by atoms with Gasteiger partial charge in [-0.25, -0.2) is 4.68 Å². The smallest absolute Gasteiger partial charge is 0.309 e. The number of rotatable bonds is 5. The maximum atomic E-state index is 12.5. The molecule has 1 aliphatic heterocycles. The molecule has 4 atom stereocenters. The number of hydrogen-bond donors (Lipinski definition) is 1. The number of carboxylic acid groups (broad SMARTS) is 1. The molecule has 0 spiro atoms. The van der Waals surface area contributed by atoms with Gasteiger partial charge in [0.2, 0.25) is 0 Å². The Labute approximate surface area is 177 Å². The third-order valence-electron chi connectivity index (χ3n) is 5.80. The van der Waals surface area contributed by atoms with Crippen LogP contribution < -0.4 is 0 Å². The maximum absolute atomic E-state index is 12.5. The Kier molecular flexibility index (Phi) is 7.41. The van der Waals surface area contributed by atoms with E-state index in [4.69, 9.17) is 14.6 Å². The fourth-order valence-corrected chi connectivity index (χ4v) is 4.53. The molecule has 0 radical (unpaired) electrons. The average molecular weight is 412 g/mol. The van der Waals surface area contributed by atoms with Crippen LogP contribution in [0.1, 0.15) is 19.4 Å². The zero-order valence-corrected chi connectivity index (χ0v) is 17.4. The summed E-state index contributed by atoms with van der Waals surface area (Å²) in [6.45, 7) is 6.98. The molecule has 4 rings (SSSR count). The molecular formula is C23H29N3O4. The van der Waals surface area contributed by atoms with Crippen molar-refractivity contribution < 1.29 is 19.4 Å². The molecule has 0 bridgehead atoms. The quantitative estimate of drug-likeness (QED) is 0.463. The minimum atomic E-state index is -0.250. The number of benzene rings is 1. The number of ether oxygens (including phenoxy) is 1. The lowest BCUT2D eigenvalue weighted by Gasteiger charge is -2.32. The Hall–Kier alpha value is -2.93. The van der Waals surface area contributed by atoms with Gasteiger partial charge >= 0.3 is 5.97 Å². The van der Waals surface area contributed by atoms with Crippen molar-refractivity contribution >= 4 is 12.4 Å². The number of hydrogen-bond acceptors (Lipinski definition) is 5. The van der Waals surface area contributed by atoms with E-state index in [9.17, 15) is 4.79 Å². The molecule has 30 heavy (non-hydrogen) atoms. The predicted molar refractivity (Wildman–Crippen MR) is 113 cm³/mol. The summed E-state index contributed by atoms with van der Waals surface area (Å²) in [5.74, 6) is 0.944. The lowest BCUT2D eigenvalue weighted by atomic mass is 9.72. The van der Waals surface area contributed by atoms with Crippen molar-refractivity contribution in [3.8, 4) is 5.69 Å². The molecular weight excluding hydrogens is 382 g/mol. The first-order valence-corrected chi connectivity index (χ1v) is 10.3. The topological polar surface area (TPSA) is 84.7 Å². The number of allylic oxidation sites excluding steroid dienone is 1. The zero-order chi connectivity index (χ0) is 21.5. The maximum Gasteiger partial charge on any atom is 0.309 e. The van der Waals surface area contributed by atoms with Gasteiger partial charge in [-0.05, 0) is 36.8 Å². The van der Waals surface area contributed by atoms with Crippen LogP contribution in [-0.2, 0) is 20.9 Å². The van der Waals surface area contributed by atoms with Gasteiger partial charge in [-0.2, -0.15) is 5.10 Å². The number of fused-ring (bicyclic) bond motifs is 1. The fraction of sp³-hybridized carbons (Fsp3) is 0.435. The van der Waals surface area contributed by atoms with Crippen LogP contribution in [0.2, 0.25) is 0 Å². The first-order valence-electron chi connectivity index (χ1n) is 10.3. The summed E-state index contributed by atoms with van der Waals surface area (Å²) in [6, 6.07) is 10.2.